The number of rotatable bonds is 4. The van der Waals surface area contributed by atoms with Gasteiger partial charge < -0.3 is 10.2 Å². The number of aromatic hydroxyl groups is 2. The molecule has 0 amide bonds. The summed E-state index contributed by atoms with van der Waals surface area (Å²) < 4.78 is 34.0. The molecule has 10 heteroatoms. The van der Waals surface area contributed by atoms with Gasteiger partial charge in [0.15, 0.2) is 10.5 Å². The fourth-order valence-corrected chi connectivity index (χ4v) is 6.11. The van der Waals surface area contributed by atoms with Gasteiger partial charge in [-0.1, -0.05) is 82.8 Å². The molecule has 0 heterocycles. The first-order valence-corrected chi connectivity index (χ1v) is 10.9. The molecule has 3 rings (SSSR count). The van der Waals surface area contributed by atoms with Crippen molar-refractivity contribution in [1.29, 1.82) is 0 Å². The summed E-state index contributed by atoms with van der Waals surface area (Å²) in [4.78, 5) is 0. The lowest BCUT2D eigenvalue weighted by Crippen LogP contribution is -2.39. The molecule has 152 valence electrons. The zero-order chi connectivity index (χ0) is 21.6. The van der Waals surface area contributed by atoms with E-state index in [1.54, 1.807) is 6.07 Å². The Balaban J connectivity index is 2.69. The molecule has 0 radical (unpaired) electrons. The van der Waals surface area contributed by atoms with Crippen molar-refractivity contribution in [2.75, 3.05) is 0 Å². The fourth-order valence-electron chi connectivity index (χ4n) is 3.24. The van der Waals surface area contributed by atoms with E-state index >= 15 is 0 Å². The van der Waals surface area contributed by atoms with Crippen molar-refractivity contribution in [2.45, 2.75) is 4.75 Å². The first-order valence-electron chi connectivity index (χ1n) is 7.91. The molecule has 0 spiro atoms. The topological polar surface area (TPSA) is 94.8 Å². The Kier molecular flexibility index (Phi) is 5.98. The minimum Gasteiger partial charge on any atom is -0.508 e. The van der Waals surface area contributed by atoms with Crippen LogP contribution in [0.5, 0.6) is 11.5 Å². The lowest BCUT2D eigenvalue weighted by Gasteiger charge is -2.35. The van der Waals surface area contributed by atoms with Gasteiger partial charge in [0.05, 0.1) is 10.0 Å². The first-order chi connectivity index (χ1) is 13.5. The standard InChI is InChI=1S/C19H12Cl4O5S/c20-12-7-3-1-5-10(12)19(29(26,27)28,11-6-2-4-8-15(11)24)16-13(21)9-14(22)18(25)17(16)23/h1-9,24-25H,(H,26,27,28). The summed E-state index contributed by atoms with van der Waals surface area (Å²) in [6, 6.07) is 12.2. The number of para-hydroxylation sites is 1. The second-order valence-corrected chi connectivity index (χ2v) is 9.19. The van der Waals surface area contributed by atoms with E-state index in [2.05, 4.69) is 0 Å². The molecule has 0 aliphatic carbocycles. The van der Waals surface area contributed by atoms with E-state index in [9.17, 15) is 23.2 Å². The van der Waals surface area contributed by atoms with Gasteiger partial charge in [0.2, 0.25) is 0 Å². The summed E-state index contributed by atoms with van der Waals surface area (Å²) in [6.07, 6.45) is 0. The maximum atomic E-state index is 13.0. The summed E-state index contributed by atoms with van der Waals surface area (Å²) in [5.74, 6) is -1.13. The van der Waals surface area contributed by atoms with Crippen molar-refractivity contribution in [1.82, 2.24) is 0 Å². The average Bonchev–Trinajstić information content (AvgIpc) is 2.64. The average molecular weight is 494 g/mol. The van der Waals surface area contributed by atoms with Gasteiger partial charge in [-0.05, 0) is 18.2 Å². The van der Waals surface area contributed by atoms with E-state index in [-0.39, 0.29) is 26.2 Å². The van der Waals surface area contributed by atoms with E-state index in [1.165, 1.54) is 42.5 Å². The maximum absolute atomic E-state index is 13.0. The molecule has 3 aromatic rings. The molecular weight excluding hydrogens is 482 g/mol. The summed E-state index contributed by atoms with van der Waals surface area (Å²) >= 11 is 24.8. The van der Waals surface area contributed by atoms with Crippen LogP contribution in [0.25, 0.3) is 0 Å². The van der Waals surface area contributed by atoms with Crippen molar-refractivity contribution in [3.63, 3.8) is 0 Å². The monoisotopic (exact) mass is 492 g/mol. The minimum absolute atomic E-state index is 0.0602. The molecule has 0 bridgehead atoms. The number of benzene rings is 3. The summed E-state index contributed by atoms with van der Waals surface area (Å²) in [5, 5.41) is 19.7. The lowest BCUT2D eigenvalue weighted by atomic mass is 9.83. The van der Waals surface area contributed by atoms with Crippen LogP contribution in [-0.2, 0) is 14.9 Å². The van der Waals surface area contributed by atoms with Gasteiger partial charge in [0, 0.05) is 26.7 Å². The third-order valence-corrected chi connectivity index (χ3v) is 7.12. The van der Waals surface area contributed by atoms with E-state index in [0.717, 1.165) is 6.07 Å². The van der Waals surface area contributed by atoms with Crippen LogP contribution in [0.4, 0.5) is 0 Å². The molecular formula is C19H12Cl4O5S. The van der Waals surface area contributed by atoms with Gasteiger partial charge in [-0.2, -0.15) is 8.42 Å². The van der Waals surface area contributed by atoms with Crippen LogP contribution in [0.15, 0.2) is 54.6 Å². The first kappa shape index (κ1) is 22.0. The second kappa shape index (κ2) is 7.87. The van der Waals surface area contributed by atoms with Gasteiger partial charge in [-0.3, -0.25) is 4.55 Å². The number of hydrogen-bond donors (Lipinski definition) is 3. The predicted molar refractivity (Wildman–Crippen MR) is 114 cm³/mol. The molecule has 1 atom stereocenters. The van der Waals surface area contributed by atoms with Crippen molar-refractivity contribution in [3.05, 3.63) is 91.4 Å². The molecule has 3 aromatic carbocycles. The summed E-state index contributed by atoms with van der Waals surface area (Å²) in [6.45, 7) is 0. The Morgan fingerprint density at radius 3 is 1.86 bits per heavy atom. The molecule has 29 heavy (non-hydrogen) atoms. The SMILES string of the molecule is O=S(=O)(O)C(c1ccccc1O)(c1ccccc1Cl)c1c(Cl)cc(Cl)c(O)c1Cl. The van der Waals surface area contributed by atoms with Crippen molar-refractivity contribution >= 4 is 56.5 Å². The third kappa shape index (κ3) is 3.44. The number of hydrogen-bond acceptors (Lipinski definition) is 4. The van der Waals surface area contributed by atoms with E-state index < -0.39 is 37.0 Å². The molecule has 0 fully saturated rings. The van der Waals surface area contributed by atoms with Crippen LogP contribution in [0.2, 0.25) is 20.1 Å². The zero-order valence-electron chi connectivity index (χ0n) is 14.3. The van der Waals surface area contributed by atoms with E-state index in [4.69, 9.17) is 46.4 Å². The van der Waals surface area contributed by atoms with Gasteiger partial charge in [0.25, 0.3) is 10.1 Å². The number of halogens is 4. The zero-order valence-corrected chi connectivity index (χ0v) is 18.1. The Labute approximate surface area is 186 Å². The van der Waals surface area contributed by atoms with Crippen LogP contribution in [-0.4, -0.2) is 23.2 Å². The smallest absolute Gasteiger partial charge is 0.283 e. The molecule has 0 aliphatic rings. The molecule has 3 N–H and O–H groups in total. The molecule has 1 unspecified atom stereocenters. The summed E-state index contributed by atoms with van der Waals surface area (Å²) in [5.41, 5.74) is -0.836. The van der Waals surface area contributed by atoms with E-state index in [1.807, 2.05) is 0 Å². The highest BCUT2D eigenvalue weighted by molar-refractivity contribution is 7.87. The highest BCUT2D eigenvalue weighted by Gasteiger charge is 2.53. The molecule has 5 nitrogen and oxygen atoms in total. The highest BCUT2D eigenvalue weighted by atomic mass is 35.5. The number of phenolic OH excluding ortho intramolecular Hbond substituents is 2. The Morgan fingerprint density at radius 1 is 0.759 bits per heavy atom. The van der Waals surface area contributed by atoms with Gasteiger partial charge in [-0.25, -0.2) is 0 Å². The van der Waals surface area contributed by atoms with Crippen LogP contribution < -0.4 is 0 Å². The quantitative estimate of drug-likeness (QED) is 0.311. The number of phenols is 2. The Bertz CT molecular complexity index is 1170. The predicted octanol–water partition coefficient (Wildman–Crippen LogP) is 5.89. The van der Waals surface area contributed by atoms with E-state index in [0.29, 0.717) is 0 Å². The van der Waals surface area contributed by atoms with Gasteiger partial charge >= 0.3 is 0 Å². The van der Waals surface area contributed by atoms with Crippen LogP contribution in [0.1, 0.15) is 16.7 Å². The molecule has 0 saturated heterocycles. The van der Waals surface area contributed by atoms with Crippen LogP contribution in [0, 0.1) is 0 Å². The second-order valence-electron chi connectivity index (χ2n) is 6.03. The largest absolute Gasteiger partial charge is 0.508 e. The normalized spacial score (nSPS) is 13.8. The van der Waals surface area contributed by atoms with Crippen molar-refractivity contribution in [2.24, 2.45) is 0 Å². The Morgan fingerprint density at radius 2 is 1.31 bits per heavy atom. The van der Waals surface area contributed by atoms with Crippen molar-refractivity contribution < 1.29 is 23.2 Å². The summed E-state index contributed by atoms with van der Waals surface area (Å²) in [7, 11) is -5.17. The minimum atomic E-state index is -5.17. The lowest BCUT2D eigenvalue weighted by molar-refractivity contribution is 0.439. The molecule has 0 aromatic heterocycles. The molecule has 0 saturated carbocycles. The van der Waals surface area contributed by atoms with Crippen molar-refractivity contribution in [3.8, 4) is 11.5 Å². The van der Waals surface area contributed by atoms with Gasteiger partial charge in [0.1, 0.15) is 5.75 Å². The maximum Gasteiger partial charge on any atom is 0.283 e. The Hall–Kier alpha value is -1.67. The highest BCUT2D eigenvalue weighted by Crippen LogP contribution is 2.55. The molecule has 0 aliphatic heterocycles. The third-order valence-electron chi connectivity index (χ3n) is 4.42. The van der Waals surface area contributed by atoms with Crippen LogP contribution >= 0.6 is 46.4 Å². The van der Waals surface area contributed by atoms with Gasteiger partial charge in [-0.15, -0.1) is 0 Å². The van der Waals surface area contributed by atoms with Crippen LogP contribution in [0.3, 0.4) is 0 Å². The fraction of sp³-hybridized carbons (Fsp3) is 0.0526.